The maximum absolute atomic E-state index is 13.3. The van der Waals surface area contributed by atoms with Crippen LogP contribution in [-0.4, -0.2) is 47.2 Å². The van der Waals surface area contributed by atoms with Crippen LogP contribution in [0, 0.1) is 10.1 Å². The second-order valence-electron chi connectivity index (χ2n) is 8.26. The largest absolute Gasteiger partial charge is 0.378 e. The minimum Gasteiger partial charge on any atom is -0.378 e. The lowest BCUT2D eigenvalue weighted by atomic mass is 10.1. The van der Waals surface area contributed by atoms with E-state index >= 15 is 0 Å². The Morgan fingerprint density at radius 1 is 1.13 bits per heavy atom. The first-order valence-electron chi connectivity index (χ1n) is 11.4. The summed E-state index contributed by atoms with van der Waals surface area (Å²) in [6.07, 6.45) is 0. The lowest BCUT2D eigenvalue weighted by Gasteiger charge is -2.30. The Morgan fingerprint density at radius 2 is 1.89 bits per heavy atom. The van der Waals surface area contributed by atoms with E-state index < -0.39 is 10.8 Å². The molecule has 1 aromatic heterocycles. The molecule has 0 unspecified atom stereocenters. The molecule has 0 bridgehead atoms. The maximum atomic E-state index is 13.3. The molecule has 38 heavy (non-hydrogen) atoms. The number of nitro benzene ring substituents is 1. The van der Waals surface area contributed by atoms with E-state index in [0.29, 0.717) is 53.3 Å². The van der Waals surface area contributed by atoms with Crippen LogP contribution in [0.5, 0.6) is 0 Å². The van der Waals surface area contributed by atoms with Crippen LogP contribution in [0.15, 0.2) is 54.6 Å². The number of nitrogens with one attached hydrogen (secondary N) is 2. The number of fused-ring (bicyclic) bond motifs is 1. The number of hydrogen-bond donors (Lipinski definition) is 2. The molecular weight excluding hydrogens is 569 g/mol. The van der Waals surface area contributed by atoms with Crippen molar-refractivity contribution in [2.75, 3.05) is 36.5 Å². The zero-order valence-corrected chi connectivity index (χ0v) is 22.7. The molecule has 5 rings (SSSR count). The number of amides is 1. The number of rotatable bonds is 5. The highest BCUT2D eigenvalue weighted by Crippen LogP contribution is 2.40. The summed E-state index contributed by atoms with van der Waals surface area (Å²) in [5, 5.41) is 18.3. The van der Waals surface area contributed by atoms with Crippen molar-refractivity contribution in [3.8, 4) is 10.6 Å². The Hall–Kier alpha value is -3.35. The second kappa shape index (κ2) is 11.2. The van der Waals surface area contributed by atoms with Gasteiger partial charge in [0.25, 0.3) is 11.6 Å². The molecule has 4 aromatic rings. The van der Waals surface area contributed by atoms with Crippen LogP contribution in [-0.2, 0) is 4.74 Å². The number of non-ortho nitro benzene ring substituents is 1. The smallest absolute Gasteiger partial charge is 0.270 e. The maximum Gasteiger partial charge on any atom is 0.270 e. The summed E-state index contributed by atoms with van der Waals surface area (Å²) in [4.78, 5) is 30.8. The molecule has 9 nitrogen and oxygen atoms in total. The average Bonchev–Trinajstić information content (AvgIpc) is 3.34. The molecule has 3 aromatic carbocycles. The molecule has 0 atom stereocenters. The van der Waals surface area contributed by atoms with E-state index in [1.807, 2.05) is 29.2 Å². The van der Waals surface area contributed by atoms with Crippen molar-refractivity contribution >= 4 is 85.1 Å². The number of aromatic nitrogens is 1. The summed E-state index contributed by atoms with van der Waals surface area (Å²) in [5.41, 5.74) is 2.34. The zero-order valence-electron chi connectivity index (χ0n) is 19.6. The molecule has 194 valence electrons. The van der Waals surface area contributed by atoms with Crippen LogP contribution in [0.25, 0.3) is 20.8 Å². The number of para-hydroxylation sites is 1. The molecule has 1 aliphatic rings. The lowest BCUT2D eigenvalue weighted by Crippen LogP contribution is -2.39. The molecule has 2 N–H and O–H groups in total. The van der Waals surface area contributed by atoms with Crippen LogP contribution in [0.4, 0.5) is 17.1 Å². The molecule has 1 fully saturated rings. The summed E-state index contributed by atoms with van der Waals surface area (Å²) >= 11 is 19.7. The molecule has 13 heteroatoms. The van der Waals surface area contributed by atoms with E-state index in [1.54, 1.807) is 18.2 Å². The second-order valence-corrected chi connectivity index (χ2v) is 10.5. The van der Waals surface area contributed by atoms with Crippen molar-refractivity contribution in [3.63, 3.8) is 0 Å². The molecule has 1 saturated heterocycles. The highest BCUT2D eigenvalue weighted by molar-refractivity contribution is 7.80. The number of nitro groups is 1. The van der Waals surface area contributed by atoms with Crippen molar-refractivity contribution in [3.05, 3.63) is 80.3 Å². The minimum atomic E-state index is -0.598. The highest BCUT2D eigenvalue weighted by atomic mass is 35.5. The molecule has 0 saturated carbocycles. The SMILES string of the molecule is O=C(NC(=S)Nc1c(Cl)cc(Cl)cc1-c1nc2ccccc2s1)c1cc([N+](=O)[O-])ccc1N1CCOCC1. The third-order valence-corrected chi connectivity index (χ3v) is 7.62. The highest BCUT2D eigenvalue weighted by Gasteiger charge is 2.23. The van der Waals surface area contributed by atoms with Gasteiger partial charge in [-0.1, -0.05) is 35.3 Å². The summed E-state index contributed by atoms with van der Waals surface area (Å²) in [6, 6.07) is 15.2. The van der Waals surface area contributed by atoms with E-state index in [4.69, 9.17) is 40.2 Å². The first-order chi connectivity index (χ1) is 18.3. The Morgan fingerprint density at radius 3 is 2.63 bits per heavy atom. The van der Waals surface area contributed by atoms with E-state index in [1.165, 1.54) is 23.5 Å². The Labute approximate surface area is 236 Å². The Balaban J connectivity index is 1.43. The van der Waals surface area contributed by atoms with Crippen LogP contribution >= 0.6 is 46.8 Å². The molecular formula is C25H19Cl2N5O4S2. The standard InChI is InChI=1S/C25H19Cl2N5O4S2/c26-14-11-17(24-28-19-3-1-2-4-21(19)38-24)22(18(27)12-14)29-25(37)30-23(33)16-13-15(32(34)35)5-6-20(16)31-7-9-36-10-8-31/h1-6,11-13H,7-10H2,(H2,29,30,33,37). The van der Waals surface area contributed by atoms with Gasteiger partial charge in [0.1, 0.15) is 5.01 Å². The first kappa shape index (κ1) is 26.3. The number of nitrogens with zero attached hydrogens (tertiary/aromatic N) is 3. The number of thiazole rings is 1. The quantitative estimate of drug-likeness (QED) is 0.163. The molecule has 0 aliphatic carbocycles. The van der Waals surface area contributed by atoms with E-state index in [9.17, 15) is 14.9 Å². The fraction of sp³-hybridized carbons (Fsp3) is 0.160. The van der Waals surface area contributed by atoms with Gasteiger partial charge < -0.3 is 15.0 Å². The molecule has 0 spiro atoms. The molecule has 2 heterocycles. The summed E-state index contributed by atoms with van der Waals surface area (Å²) in [7, 11) is 0. The summed E-state index contributed by atoms with van der Waals surface area (Å²) < 4.78 is 6.38. The van der Waals surface area contributed by atoms with Gasteiger partial charge in [0.2, 0.25) is 0 Å². The summed E-state index contributed by atoms with van der Waals surface area (Å²) in [5.74, 6) is -0.598. The first-order valence-corrected chi connectivity index (χ1v) is 13.4. The van der Waals surface area contributed by atoms with Crippen molar-refractivity contribution < 1.29 is 14.5 Å². The molecule has 1 amide bonds. The van der Waals surface area contributed by atoms with Gasteiger partial charge in [0.15, 0.2) is 5.11 Å². The third kappa shape index (κ3) is 5.57. The minimum absolute atomic E-state index is 0.0407. The van der Waals surface area contributed by atoms with Gasteiger partial charge >= 0.3 is 0 Å². The zero-order chi connectivity index (χ0) is 26.8. The average molecular weight is 588 g/mol. The van der Waals surface area contributed by atoms with Crippen LogP contribution < -0.4 is 15.5 Å². The van der Waals surface area contributed by atoms with Crippen LogP contribution in [0.1, 0.15) is 10.4 Å². The number of carbonyl (C=O) groups excluding carboxylic acids is 1. The van der Waals surface area contributed by atoms with Crippen molar-refractivity contribution in [2.45, 2.75) is 0 Å². The van der Waals surface area contributed by atoms with Crippen molar-refractivity contribution in [2.24, 2.45) is 0 Å². The van der Waals surface area contributed by atoms with E-state index in [-0.39, 0.29) is 21.4 Å². The van der Waals surface area contributed by atoms with E-state index in [2.05, 4.69) is 15.6 Å². The number of ether oxygens (including phenoxy) is 1. The van der Waals surface area contributed by atoms with Gasteiger partial charge in [-0.2, -0.15) is 0 Å². The molecule has 0 radical (unpaired) electrons. The fourth-order valence-electron chi connectivity index (χ4n) is 4.07. The van der Waals surface area contributed by atoms with Gasteiger partial charge in [-0.05, 0) is 42.5 Å². The van der Waals surface area contributed by atoms with Gasteiger partial charge in [0, 0.05) is 35.8 Å². The number of halogens is 2. The van der Waals surface area contributed by atoms with Crippen molar-refractivity contribution in [1.29, 1.82) is 0 Å². The predicted octanol–water partition coefficient (Wildman–Crippen LogP) is 6.14. The number of benzene rings is 3. The van der Waals surface area contributed by atoms with Crippen LogP contribution in [0.2, 0.25) is 10.0 Å². The van der Waals surface area contributed by atoms with Gasteiger partial charge in [-0.25, -0.2) is 4.98 Å². The number of anilines is 2. The van der Waals surface area contributed by atoms with Gasteiger partial charge in [0.05, 0.1) is 50.3 Å². The normalized spacial score (nSPS) is 13.4. The number of carbonyl (C=O) groups is 1. The van der Waals surface area contributed by atoms with Gasteiger partial charge in [-0.3, -0.25) is 20.2 Å². The monoisotopic (exact) mass is 587 g/mol. The Kier molecular flexibility index (Phi) is 7.73. The number of hydrogen-bond acceptors (Lipinski definition) is 8. The fourth-order valence-corrected chi connectivity index (χ4v) is 5.79. The van der Waals surface area contributed by atoms with E-state index in [0.717, 1.165) is 10.2 Å². The Bertz CT molecular complexity index is 1540. The number of thiocarbonyl (C=S) groups is 1. The lowest BCUT2D eigenvalue weighted by molar-refractivity contribution is -0.384. The van der Waals surface area contributed by atoms with Crippen LogP contribution in [0.3, 0.4) is 0 Å². The third-order valence-electron chi connectivity index (χ3n) is 5.83. The van der Waals surface area contributed by atoms with Gasteiger partial charge in [-0.15, -0.1) is 11.3 Å². The number of morpholine rings is 1. The topological polar surface area (TPSA) is 110 Å². The predicted molar refractivity (Wildman–Crippen MR) is 155 cm³/mol. The summed E-state index contributed by atoms with van der Waals surface area (Å²) in [6.45, 7) is 2.07. The van der Waals surface area contributed by atoms with Crippen molar-refractivity contribution in [1.82, 2.24) is 10.3 Å². The molecule has 1 aliphatic heterocycles.